The Kier molecular flexibility index (Phi) is 4.49. The van der Waals surface area contributed by atoms with Gasteiger partial charge in [-0.25, -0.2) is 0 Å². The molecule has 1 N–H and O–H groups in total. The first-order valence-electron chi connectivity index (χ1n) is 4.76. The molecule has 0 saturated heterocycles. The highest BCUT2D eigenvalue weighted by atomic mass is 79.9. The molecule has 16 heavy (non-hydrogen) atoms. The Morgan fingerprint density at radius 3 is 2.62 bits per heavy atom. The van der Waals surface area contributed by atoms with E-state index < -0.39 is 11.7 Å². The van der Waals surface area contributed by atoms with E-state index in [1.54, 1.807) is 25.1 Å². The number of ketones is 1. The molecule has 0 atom stereocenters. The molecular formula is C11H12BrNO3. The minimum atomic E-state index is -0.598. The first-order valence-corrected chi connectivity index (χ1v) is 5.55. The zero-order valence-corrected chi connectivity index (χ0v) is 10.6. The summed E-state index contributed by atoms with van der Waals surface area (Å²) in [5.74, 6) is -0.530. The van der Waals surface area contributed by atoms with Gasteiger partial charge in [0.05, 0.1) is 11.6 Å². The third kappa shape index (κ3) is 2.82. The van der Waals surface area contributed by atoms with Crippen LogP contribution in [0.4, 0.5) is 0 Å². The number of hydrogen-bond acceptors (Lipinski definition) is 3. The van der Waals surface area contributed by atoms with Crippen molar-refractivity contribution in [1.29, 1.82) is 0 Å². The van der Waals surface area contributed by atoms with Gasteiger partial charge in [-0.05, 0) is 41.1 Å². The third-order valence-electron chi connectivity index (χ3n) is 1.96. The van der Waals surface area contributed by atoms with E-state index >= 15 is 0 Å². The molecule has 0 saturated carbocycles. The van der Waals surface area contributed by atoms with Crippen LogP contribution in [0.5, 0.6) is 5.75 Å². The Hall–Kier alpha value is -1.36. The molecule has 0 bridgehead atoms. The van der Waals surface area contributed by atoms with Crippen LogP contribution < -0.4 is 10.1 Å². The van der Waals surface area contributed by atoms with Crippen molar-refractivity contribution in [3.8, 4) is 5.75 Å². The molecule has 1 rings (SSSR count). The van der Waals surface area contributed by atoms with Gasteiger partial charge in [-0.3, -0.25) is 9.59 Å². The minimum absolute atomic E-state index is 0.332. The number of rotatable bonds is 4. The average Bonchev–Trinajstić information content (AvgIpc) is 2.28. The number of likely N-dealkylation sites (N-methyl/N-ethyl adjacent to an activating group) is 1. The Balaban J connectivity index is 2.93. The van der Waals surface area contributed by atoms with Crippen LogP contribution in [-0.4, -0.2) is 25.3 Å². The molecule has 0 aromatic heterocycles. The van der Waals surface area contributed by atoms with Gasteiger partial charge in [0.1, 0.15) is 5.75 Å². The smallest absolute Gasteiger partial charge is 0.292 e. The van der Waals surface area contributed by atoms with Crippen molar-refractivity contribution < 1.29 is 14.3 Å². The summed E-state index contributed by atoms with van der Waals surface area (Å²) in [6, 6.07) is 4.76. The lowest BCUT2D eigenvalue weighted by atomic mass is 10.1. The number of nitrogens with one attached hydrogen (secondary N) is 1. The van der Waals surface area contributed by atoms with E-state index in [9.17, 15) is 9.59 Å². The predicted molar refractivity (Wildman–Crippen MR) is 63.7 cm³/mol. The second kappa shape index (κ2) is 5.65. The zero-order valence-electron chi connectivity index (χ0n) is 9.04. The topological polar surface area (TPSA) is 55.4 Å². The summed E-state index contributed by atoms with van der Waals surface area (Å²) in [5.41, 5.74) is 0.332. The second-order valence-electron chi connectivity index (χ2n) is 3.04. The molecule has 1 aromatic carbocycles. The highest BCUT2D eigenvalue weighted by Crippen LogP contribution is 2.25. The van der Waals surface area contributed by atoms with E-state index in [0.717, 1.165) is 0 Å². The van der Waals surface area contributed by atoms with Crippen LogP contribution in [0.3, 0.4) is 0 Å². The van der Waals surface area contributed by atoms with Crippen molar-refractivity contribution in [2.45, 2.75) is 6.92 Å². The Morgan fingerprint density at radius 1 is 1.44 bits per heavy atom. The van der Waals surface area contributed by atoms with Crippen LogP contribution in [0.25, 0.3) is 0 Å². The number of hydrogen-bond donors (Lipinski definition) is 1. The highest BCUT2D eigenvalue weighted by molar-refractivity contribution is 9.10. The van der Waals surface area contributed by atoms with Crippen molar-refractivity contribution in [2.24, 2.45) is 0 Å². The predicted octanol–water partition coefficient (Wildman–Crippen LogP) is 1.78. The third-order valence-corrected chi connectivity index (χ3v) is 2.58. The number of benzene rings is 1. The average molecular weight is 286 g/mol. The molecule has 0 aliphatic carbocycles. The molecule has 0 radical (unpaired) electrons. The van der Waals surface area contributed by atoms with E-state index in [1.165, 1.54) is 7.11 Å². The van der Waals surface area contributed by atoms with E-state index in [2.05, 4.69) is 21.2 Å². The molecule has 5 heteroatoms. The maximum atomic E-state index is 11.6. The molecule has 0 unspecified atom stereocenters. The number of carbonyl (C=O) groups is 2. The SMILES string of the molecule is CCNC(=O)C(=O)c1ccc(OC)c(Br)c1. The van der Waals surface area contributed by atoms with Gasteiger partial charge < -0.3 is 10.1 Å². The molecule has 86 valence electrons. The van der Waals surface area contributed by atoms with E-state index in [0.29, 0.717) is 22.3 Å². The molecule has 0 heterocycles. The van der Waals surface area contributed by atoms with Gasteiger partial charge in [0, 0.05) is 12.1 Å². The molecule has 0 fully saturated rings. The summed E-state index contributed by atoms with van der Waals surface area (Å²) >= 11 is 3.25. The van der Waals surface area contributed by atoms with Crippen LogP contribution in [0, 0.1) is 0 Å². The minimum Gasteiger partial charge on any atom is -0.496 e. The van der Waals surface area contributed by atoms with E-state index in [1.807, 2.05) is 0 Å². The van der Waals surface area contributed by atoms with Crippen LogP contribution in [0.15, 0.2) is 22.7 Å². The fourth-order valence-corrected chi connectivity index (χ4v) is 1.72. The van der Waals surface area contributed by atoms with E-state index in [-0.39, 0.29) is 0 Å². The van der Waals surface area contributed by atoms with Gasteiger partial charge in [0.15, 0.2) is 0 Å². The van der Waals surface area contributed by atoms with Crippen molar-refractivity contribution in [1.82, 2.24) is 5.32 Å². The largest absolute Gasteiger partial charge is 0.496 e. The summed E-state index contributed by atoms with van der Waals surface area (Å²) in [6.45, 7) is 2.19. The van der Waals surface area contributed by atoms with Crippen LogP contribution in [0.1, 0.15) is 17.3 Å². The standard InChI is InChI=1S/C11H12BrNO3/c1-3-13-11(15)10(14)7-4-5-9(16-2)8(12)6-7/h4-6H,3H2,1-2H3,(H,13,15). The summed E-state index contributed by atoms with van der Waals surface area (Å²) in [4.78, 5) is 22.9. The first kappa shape index (κ1) is 12.7. The van der Waals surface area contributed by atoms with Gasteiger partial charge in [0.2, 0.25) is 5.78 Å². The van der Waals surface area contributed by atoms with E-state index in [4.69, 9.17) is 4.74 Å². The summed E-state index contributed by atoms with van der Waals surface area (Å²) in [5, 5.41) is 2.46. The summed E-state index contributed by atoms with van der Waals surface area (Å²) in [7, 11) is 1.53. The van der Waals surface area contributed by atoms with Gasteiger partial charge in [-0.1, -0.05) is 0 Å². The number of Topliss-reactive ketones (excluding diaryl/α,β-unsaturated/α-hetero) is 1. The quantitative estimate of drug-likeness (QED) is 0.678. The number of amides is 1. The van der Waals surface area contributed by atoms with Crippen LogP contribution in [0.2, 0.25) is 0 Å². The van der Waals surface area contributed by atoms with Crippen molar-refractivity contribution >= 4 is 27.6 Å². The molecule has 1 aromatic rings. The molecular weight excluding hydrogens is 274 g/mol. The molecule has 0 aliphatic heterocycles. The van der Waals surface area contributed by atoms with Crippen LogP contribution in [-0.2, 0) is 4.79 Å². The van der Waals surface area contributed by atoms with Gasteiger partial charge in [-0.2, -0.15) is 0 Å². The van der Waals surface area contributed by atoms with Gasteiger partial charge in [0.25, 0.3) is 5.91 Å². The number of halogens is 1. The van der Waals surface area contributed by atoms with Gasteiger partial charge in [-0.15, -0.1) is 0 Å². The molecule has 0 aliphatic rings. The zero-order chi connectivity index (χ0) is 12.1. The Morgan fingerprint density at radius 2 is 2.12 bits per heavy atom. The van der Waals surface area contributed by atoms with Crippen molar-refractivity contribution in [3.63, 3.8) is 0 Å². The number of methoxy groups -OCH3 is 1. The summed E-state index contributed by atoms with van der Waals surface area (Å²) in [6.07, 6.45) is 0. The highest BCUT2D eigenvalue weighted by Gasteiger charge is 2.16. The molecule has 0 spiro atoms. The van der Waals surface area contributed by atoms with Crippen LogP contribution >= 0.6 is 15.9 Å². The number of ether oxygens (including phenoxy) is 1. The maximum Gasteiger partial charge on any atom is 0.292 e. The fraction of sp³-hybridized carbons (Fsp3) is 0.273. The lowest BCUT2D eigenvalue weighted by Crippen LogP contribution is -2.30. The normalized spacial score (nSPS) is 9.69. The summed E-state index contributed by atoms with van der Waals surface area (Å²) < 4.78 is 5.67. The number of carbonyl (C=O) groups excluding carboxylic acids is 2. The monoisotopic (exact) mass is 285 g/mol. The second-order valence-corrected chi connectivity index (χ2v) is 3.89. The first-order chi connectivity index (χ1) is 7.60. The molecule has 1 amide bonds. The Bertz CT molecular complexity index is 418. The van der Waals surface area contributed by atoms with Gasteiger partial charge >= 0.3 is 0 Å². The molecule has 4 nitrogen and oxygen atoms in total. The fourth-order valence-electron chi connectivity index (χ4n) is 1.18. The van der Waals surface area contributed by atoms with Crippen molar-refractivity contribution in [3.05, 3.63) is 28.2 Å². The lowest BCUT2D eigenvalue weighted by molar-refractivity contribution is -0.116. The van der Waals surface area contributed by atoms with Crippen molar-refractivity contribution in [2.75, 3.05) is 13.7 Å². The lowest BCUT2D eigenvalue weighted by Gasteiger charge is -2.05. The Labute approximate surface area is 102 Å². The maximum absolute atomic E-state index is 11.6.